The predicted octanol–water partition coefficient (Wildman–Crippen LogP) is 2.30. The molecule has 0 fully saturated rings. The van der Waals surface area contributed by atoms with Gasteiger partial charge in [0.1, 0.15) is 5.82 Å². The number of rotatable bonds is 3. The molecule has 0 saturated heterocycles. The molecule has 5 nitrogen and oxygen atoms in total. The Balaban J connectivity index is 1.91. The van der Waals surface area contributed by atoms with Crippen molar-refractivity contribution in [2.75, 3.05) is 5.32 Å². The second kappa shape index (κ2) is 6.85. The first-order valence-electron chi connectivity index (χ1n) is 6.32. The molecule has 0 spiro atoms. The number of pyridine rings is 1. The highest BCUT2D eigenvalue weighted by Crippen LogP contribution is 2.14. The van der Waals surface area contributed by atoms with Crippen LogP contribution in [0, 0.1) is 6.92 Å². The van der Waals surface area contributed by atoms with Gasteiger partial charge in [0, 0.05) is 17.3 Å². The lowest BCUT2D eigenvalue weighted by atomic mass is 10.2. The summed E-state index contributed by atoms with van der Waals surface area (Å²) >= 11 is 5.97. The van der Waals surface area contributed by atoms with E-state index in [-0.39, 0.29) is 6.54 Å². The van der Waals surface area contributed by atoms with E-state index in [0.29, 0.717) is 10.8 Å². The van der Waals surface area contributed by atoms with Gasteiger partial charge in [0.2, 0.25) is 0 Å². The van der Waals surface area contributed by atoms with Crippen LogP contribution in [0.2, 0.25) is 5.02 Å². The quantitative estimate of drug-likeness (QED) is 0.855. The summed E-state index contributed by atoms with van der Waals surface area (Å²) in [5.41, 5.74) is 1.50. The molecule has 0 radical (unpaired) electrons. The van der Waals surface area contributed by atoms with Crippen molar-refractivity contribution in [3.63, 3.8) is 0 Å². The van der Waals surface area contributed by atoms with Crippen molar-refractivity contribution in [2.45, 2.75) is 13.5 Å². The second-order valence-electron chi connectivity index (χ2n) is 4.39. The van der Waals surface area contributed by atoms with Crippen molar-refractivity contribution in [2.24, 2.45) is 0 Å². The average molecular weight is 304 g/mol. The van der Waals surface area contributed by atoms with Gasteiger partial charge >= 0.3 is 11.8 Å². The maximum atomic E-state index is 11.7. The van der Waals surface area contributed by atoms with Crippen molar-refractivity contribution >= 4 is 29.2 Å². The Hall–Kier alpha value is -2.40. The SMILES string of the molecule is Cc1cccc(NC(=O)C(=O)NCc2ccccc2Cl)n1. The topological polar surface area (TPSA) is 71.1 Å². The van der Waals surface area contributed by atoms with Crippen molar-refractivity contribution in [1.29, 1.82) is 0 Å². The van der Waals surface area contributed by atoms with Crippen molar-refractivity contribution in [3.05, 3.63) is 58.7 Å². The number of hydrogen-bond acceptors (Lipinski definition) is 3. The van der Waals surface area contributed by atoms with Crippen LogP contribution < -0.4 is 10.6 Å². The lowest BCUT2D eigenvalue weighted by molar-refractivity contribution is -0.136. The zero-order chi connectivity index (χ0) is 15.2. The molecule has 0 unspecified atom stereocenters. The van der Waals surface area contributed by atoms with Gasteiger partial charge in [-0.05, 0) is 30.7 Å². The molecule has 0 bridgehead atoms. The monoisotopic (exact) mass is 303 g/mol. The van der Waals surface area contributed by atoms with Gasteiger partial charge in [-0.15, -0.1) is 0 Å². The summed E-state index contributed by atoms with van der Waals surface area (Å²) in [6.07, 6.45) is 0. The fraction of sp³-hybridized carbons (Fsp3) is 0.133. The third-order valence-electron chi connectivity index (χ3n) is 2.73. The van der Waals surface area contributed by atoms with Crippen LogP contribution in [0.4, 0.5) is 5.82 Å². The van der Waals surface area contributed by atoms with Crippen LogP contribution in [-0.4, -0.2) is 16.8 Å². The van der Waals surface area contributed by atoms with Crippen LogP contribution in [0.25, 0.3) is 0 Å². The molecule has 1 aromatic carbocycles. The molecule has 1 aromatic heterocycles. The number of benzene rings is 1. The highest BCUT2D eigenvalue weighted by atomic mass is 35.5. The molecule has 0 aliphatic heterocycles. The summed E-state index contributed by atoms with van der Waals surface area (Å²) < 4.78 is 0. The minimum Gasteiger partial charge on any atom is -0.344 e. The van der Waals surface area contributed by atoms with E-state index in [4.69, 9.17) is 11.6 Å². The van der Waals surface area contributed by atoms with E-state index in [0.717, 1.165) is 11.3 Å². The Morgan fingerprint density at radius 1 is 1.10 bits per heavy atom. The highest BCUT2D eigenvalue weighted by Gasteiger charge is 2.14. The molecule has 2 aromatic rings. The fourth-order valence-electron chi connectivity index (χ4n) is 1.68. The number of nitrogens with one attached hydrogen (secondary N) is 2. The Morgan fingerprint density at radius 3 is 2.57 bits per heavy atom. The lowest BCUT2D eigenvalue weighted by Gasteiger charge is -2.07. The van der Waals surface area contributed by atoms with Crippen LogP contribution in [0.15, 0.2) is 42.5 Å². The first-order chi connectivity index (χ1) is 10.1. The Labute approximate surface area is 127 Å². The maximum absolute atomic E-state index is 11.7. The standard InChI is InChI=1S/C15H14ClN3O2/c1-10-5-4-8-13(18-10)19-15(21)14(20)17-9-11-6-2-3-7-12(11)16/h2-8H,9H2,1H3,(H,17,20)(H,18,19,21). The summed E-state index contributed by atoms with van der Waals surface area (Å²) in [4.78, 5) is 27.6. The molecule has 6 heteroatoms. The number of anilines is 1. The summed E-state index contributed by atoms with van der Waals surface area (Å²) in [5.74, 6) is -1.16. The van der Waals surface area contributed by atoms with Crippen molar-refractivity contribution < 1.29 is 9.59 Å². The Bertz CT molecular complexity index is 673. The first-order valence-corrected chi connectivity index (χ1v) is 6.70. The highest BCUT2D eigenvalue weighted by molar-refractivity contribution is 6.39. The smallest absolute Gasteiger partial charge is 0.314 e. The van der Waals surface area contributed by atoms with E-state index in [9.17, 15) is 9.59 Å². The lowest BCUT2D eigenvalue weighted by Crippen LogP contribution is -2.35. The summed E-state index contributed by atoms with van der Waals surface area (Å²) in [6, 6.07) is 12.3. The van der Waals surface area contributed by atoms with Crippen LogP contribution in [0.3, 0.4) is 0 Å². The molecule has 1 heterocycles. The Kier molecular flexibility index (Phi) is 4.90. The van der Waals surface area contributed by atoms with Crippen molar-refractivity contribution in [1.82, 2.24) is 10.3 Å². The fourth-order valence-corrected chi connectivity index (χ4v) is 1.89. The van der Waals surface area contributed by atoms with E-state index in [1.54, 1.807) is 43.3 Å². The summed E-state index contributed by atoms with van der Waals surface area (Å²) in [6.45, 7) is 1.99. The number of halogens is 1. The zero-order valence-corrected chi connectivity index (χ0v) is 12.1. The third kappa shape index (κ3) is 4.29. The molecule has 2 amide bonds. The number of carbonyl (C=O) groups is 2. The molecule has 0 saturated carbocycles. The van der Waals surface area contributed by atoms with E-state index in [1.807, 2.05) is 6.07 Å². The summed E-state index contributed by atoms with van der Waals surface area (Å²) in [5, 5.41) is 5.49. The first kappa shape index (κ1) is 15.0. The molecule has 0 aliphatic rings. The number of hydrogen-bond donors (Lipinski definition) is 2. The predicted molar refractivity (Wildman–Crippen MR) is 80.9 cm³/mol. The van der Waals surface area contributed by atoms with Crippen LogP contribution in [0.1, 0.15) is 11.3 Å². The number of aromatic nitrogens is 1. The van der Waals surface area contributed by atoms with E-state index >= 15 is 0 Å². The number of carbonyl (C=O) groups excluding carboxylic acids is 2. The van der Waals surface area contributed by atoms with Gasteiger partial charge in [-0.25, -0.2) is 4.98 Å². The number of nitrogens with zero attached hydrogens (tertiary/aromatic N) is 1. The molecule has 2 N–H and O–H groups in total. The minimum absolute atomic E-state index is 0.188. The average Bonchev–Trinajstić information content (AvgIpc) is 2.46. The van der Waals surface area contributed by atoms with Gasteiger partial charge < -0.3 is 10.6 Å². The van der Waals surface area contributed by atoms with E-state index in [1.165, 1.54) is 0 Å². The minimum atomic E-state index is -0.764. The molecule has 0 atom stereocenters. The van der Waals surface area contributed by atoms with Crippen LogP contribution in [0.5, 0.6) is 0 Å². The van der Waals surface area contributed by atoms with Gasteiger partial charge in [0.15, 0.2) is 0 Å². The Morgan fingerprint density at radius 2 is 1.86 bits per heavy atom. The summed E-state index contributed by atoms with van der Waals surface area (Å²) in [7, 11) is 0. The van der Waals surface area contributed by atoms with Gasteiger partial charge in [-0.2, -0.15) is 0 Å². The van der Waals surface area contributed by atoms with E-state index in [2.05, 4.69) is 15.6 Å². The van der Waals surface area contributed by atoms with Gasteiger partial charge in [-0.3, -0.25) is 9.59 Å². The number of aryl methyl sites for hydroxylation is 1. The van der Waals surface area contributed by atoms with Gasteiger partial charge in [0.05, 0.1) is 0 Å². The van der Waals surface area contributed by atoms with Crippen LogP contribution >= 0.6 is 11.6 Å². The largest absolute Gasteiger partial charge is 0.344 e. The molecule has 2 rings (SSSR count). The molecule has 108 valence electrons. The molecular weight excluding hydrogens is 290 g/mol. The maximum Gasteiger partial charge on any atom is 0.314 e. The molecule has 0 aliphatic carbocycles. The van der Waals surface area contributed by atoms with Gasteiger partial charge in [-0.1, -0.05) is 35.9 Å². The zero-order valence-electron chi connectivity index (χ0n) is 11.4. The third-order valence-corrected chi connectivity index (χ3v) is 3.10. The van der Waals surface area contributed by atoms with Crippen molar-refractivity contribution in [3.8, 4) is 0 Å². The van der Waals surface area contributed by atoms with Crippen LogP contribution in [-0.2, 0) is 16.1 Å². The normalized spacial score (nSPS) is 10.0. The number of amides is 2. The molecular formula is C15H14ClN3O2. The van der Waals surface area contributed by atoms with Gasteiger partial charge in [0.25, 0.3) is 0 Å². The molecule has 21 heavy (non-hydrogen) atoms. The van der Waals surface area contributed by atoms with E-state index < -0.39 is 11.8 Å². The second-order valence-corrected chi connectivity index (χ2v) is 4.80.